The minimum Gasteiger partial charge on any atom is -0.358 e. The van der Waals surface area contributed by atoms with Crippen LogP contribution in [0, 0.1) is 5.92 Å². The number of likely N-dealkylation sites (N-methyl/N-ethyl adjacent to an activating group) is 2. The largest absolute Gasteiger partial charge is 0.358 e. The molecule has 0 saturated carbocycles. The maximum atomic E-state index is 11.6. The molecule has 0 rings (SSSR count). The number of hydrogen-bond acceptors (Lipinski definition) is 3. The summed E-state index contributed by atoms with van der Waals surface area (Å²) in [7, 11) is 3.13. The van der Waals surface area contributed by atoms with Gasteiger partial charge < -0.3 is 16.0 Å². The first-order valence-corrected chi connectivity index (χ1v) is 4.61. The van der Waals surface area contributed by atoms with Crippen molar-refractivity contribution < 1.29 is 9.59 Å². The molecule has 0 aliphatic heterocycles. The molecule has 2 amide bonds. The van der Waals surface area contributed by atoms with Crippen molar-refractivity contribution in [2.24, 2.45) is 11.7 Å². The second kappa shape index (κ2) is 5.59. The molecule has 2 unspecified atom stereocenters. The van der Waals surface area contributed by atoms with E-state index in [2.05, 4.69) is 5.32 Å². The van der Waals surface area contributed by atoms with Crippen LogP contribution < -0.4 is 11.1 Å². The Hall–Kier alpha value is -1.10. The van der Waals surface area contributed by atoms with E-state index in [-0.39, 0.29) is 30.3 Å². The fourth-order valence-corrected chi connectivity index (χ4v) is 0.945. The van der Waals surface area contributed by atoms with Crippen LogP contribution >= 0.6 is 0 Å². The second-order valence-electron chi connectivity index (χ2n) is 3.52. The van der Waals surface area contributed by atoms with Gasteiger partial charge in [-0.25, -0.2) is 0 Å². The normalized spacial score (nSPS) is 14.4. The molecule has 0 aromatic heterocycles. The summed E-state index contributed by atoms with van der Waals surface area (Å²) in [4.78, 5) is 24.0. The van der Waals surface area contributed by atoms with E-state index in [9.17, 15) is 9.59 Å². The molecule has 0 heterocycles. The zero-order chi connectivity index (χ0) is 11.3. The van der Waals surface area contributed by atoms with Crippen molar-refractivity contribution >= 4 is 11.8 Å². The summed E-state index contributed by atoms with van der Waals surface area (Å²) < 4.78 is 0. The molecular weight excluding hydrogens is 182 g/mol. The molecule has 5 heteroatoms. The van der Waals surface area contributed by atoms with Crippen LogP contribution in [0.15, 0.2) is 0 Å². The Balaban J connectivity index is 4.18. The number of carbonyl (C=O) groups excluding carboxylic acids is 2. The molecule has 0 aromatic rings. The quantitative estimate of drug-likeness (QED) is 0.623. The standard InChI is InChI=1S/C9H19N3O2/c1-6(7(2)10)9(14)12(4)5-8(13)11-3/h6-7H,5,10H2,1-4H3,(H,11,13). The highest BCUT2D eigenvalue weighted by molar-refractivity contribution is 5.85. The Morgan fingerprint density at radius 2 is 1.93 bits per heavy atom. The monoisotopic (exact) mass is 201 g/mol. The van der Waals surface area contributed by atoms with E-state index in [1.165, 1.54) is 11.9 Å². The van der Waals surface area contributed by atoms with E-state index in [1.54, 1.807) is 20.9 Å². The number of amides is 2. The lowest BCUT2D eigenvalue weighted by Gasteiger charge is -2.22. The first-order chi connectivity index (χ1) is 6.40. The van der Waals surface area contributed by atoms with Gasteiger partial charge in [0.25, 0.3) is 0 Å². The van der Waals surface area contributed by atoms with Crippen molar-refractivity contribution in [3.8, 4) is 0 Å². The molecule has 0 radical (unpaired) electrons. The summed E-state index contributed by atoms with van der Waals surface area (Å²) in [5.41, 5.74) is 5.59. The zero-order valence-corrected chi connectivity index (χ0v) is 9.20. The summed E-state index contributed by atoms with van der Waals surface area (Å²) in [6, 6.07) is -0.199. The van der Waals surface area contributed by atoms with Gasteiger partial charge in [0.2, 0.25) is 11.8 Å². The van der Waals surface area contributed by atoms with Crippen LogP contribution in [0.2, 0.25) is 0 Å². The van der Waals surface area contributed by atoms with E-state index in [0.717, 1.165) is 0 Å². The van der Waals surface area contributed by atoms with Crippen molar-refractivity contribution in [3.63, 3.8) is 0 Å². The van der Waals surface area contributed by atoms with Gasteiger partial charge in [-0.2, -0.15) is 0 Å². The molecule has 14 heavy (non-hydrogen) atoms. The highest BCUT2D eigenvalue weighted by Gasteiger charge is 2.21. The SMILES string of the molecule is CNC(=O)CN(C)C(=O)C(C)C(C)N. The number of hydrogen-bond donors (Lipinski definition) is 2. The summed E-state index contributed by atoms with van der Waals surface area (Å²) in [5, 5.41) is 2.45. The van der Waals surface area contributed by atoms with E-state index in [1.807, 2.05) is 0 Å². The third-order valence-corrected chi connectivity index (χ3v) is 2.21. The minimum atomic E-state index is -0.260. The predicted molar refractivity (Wildman–Crippen MR) is 54.5 cm³/mol. The number of nitrogens with zero attached hydrogens (tertiary/aromatic N) is 1. The molecule has 5 nitrogen and oxygen atoms in total. The zero-order valence-electron chi connectivity index (χ0n) is 9.20. The number of nitrogens with two attached hydrogens (primary N) is 1. The highest BCUT2D eigenvalue weighted by atomic mass is 16.2. The first-order valence-electron chi connectivity index (χ1n) is 4.61. The molecule has 0 spiro atoms. The maximum Gasteiger partial charge on any atom is 0.239 e. The van der Waals surface area contributed by atoms with Gasteiger partial charge in [-0.1, -0.05) is 6.92 Å². The lowest BCUT2D eigenvalue weighted by Crippen LogP contribution is -2.43. The molecule has 0 fully saturated rings. The van der Waals surface area contributed by atoms with Gasteiger partial charge in [-0.3, -0.25) is 9.59 Å². The lowest BCUT2D eigenvalue weighted by molar-refractivity contribution is -0.137. The van der Waals surface area contributed by atoms with E-state index < -0.39 is 0 Å². The molecule has 0 aromatic carbocycles. The lowest BCUT2D eigenvalue weighted by atomic mass is 10.0. The Morgan fingerprint density at radius 1 is 1.43 bits per heavy atom. The maximum absolute atomic E-state index is 11.6. The van der Waals surface area contributed by atoms with Crippen LogP contribution in [0.5, 0.6) is 0 Å². The molecule has 0 saturated heterocycles. The van der Waals surface area contributed by atoms with Crippen LogP contribution in [-0.4, -0.2) is 43.4 Å². The molecule has 0 bridgehead atoms. The van der Waals surface area contributed by atoms with Gasteiger partial charge in [-0.05, 0) is 6.92 Å². The average Bonchev–Trinajstić information content (AvgIpc) is 2.14. The van der Waals surface area contributed by atoms with Crippen molar-refractivity contribution in [1.82, 2.24) is 10.2 Å². The number of rotatable bonds is 4. The average molecular weight is 201 g/mol. The van der Waals surface area contributed by atoms with E-state index in [0.29, 0.717) is 0 Å². The Labute approximate surface area is 84.6 Å². The molecular formula is C9H19N3O2. The topological polar surface area (TPSA) is 75.4 Å². The Bertz CT molecular complexity index is 216. The van der Waals surface area contributed by atoms with Crippen molar-refractivity contribution in [1.29, 1.82) is 0 Å². The molecule has 0 aliphatic carbocycles. The van der Waals surface area contributed by atoms with Gasteiger partial charge in [-0.15, -0.1) is 0 Å². The summed E-state index contributed by atoms with van der Waals surface area (Å²) in [5.74, 6) is -0.550. The van der Waals surface area contributed by atoms with Crippen LogP contribution in [0.1, 0.15) is 13.8 Å². The highest BCUT2D eigenvalue weighted by Crippen LogP contribution is 2.03. The number of nitrogens with one attached hydrogen (secondary N) is 1. The molecule has 2 atom stereocenters. The minimum absolute atomic E-state index is 0.0758. The number of carbonyl (C=O) groups is 2. The van der Waals surface area contributed by atoms with Gasteiger partial charge in [0, 0.05) is 20.1 Å². The summed E-state index contributed by atoms with van der Waals surface area (Å²) >= 11 is 0. The van der Waals surface area contributed by atoms with Crippen molar-refractivity contribution in [3.05, 3.63) is 0 Å². The van der Waals surface area contributed by atoms with E-state index in [4.69, 9.17) is 5.73 Å². The van der Waals surface area contributed by atoms with Crippen molar-refractivity contribution in [2.45, 2.75) is 19.9 Å². The molecule has 3 N–H and O–H groups in total. The van der Waals surface area contributed by atoms with Gasteiger partial charge in [0.1, 0.15) is 0 Å². The van der Waals surface area contributed by atoms with Gasteiger partial charge >= 0.3 is 0 Å². The fourth-order valence-electron chi connectivity index (χ4n) is 0.945. The Morgan fingerprint density at radius 3 is 2.29 bits per heavy atom. The Kier molecular flexibility index (Phi) is 5.15. The van der Waals surface area contributed by atoms with Gasteiger partial charge in [0.15, 0.2) is 0 Å². The predicted octanol–water partition coefficient (Wildman–Crippen LogP) is -0.826. The first kappa shape index (κ1) is 12.9. The van der Waals surface area contributed by atoms with Gasteiger partial charge in [0.05, 0.1) is 12.5 Å². The van der Waals surface area contributed by atoms with Crippen LogP contribution in [0.25, 0.3) is 0 Å². The smallest absolute Gasteiger partial charge is 0.239 e. The summed E-state index contributed by atoms with van der Waals surface area (Å²) in [6.45, 7) is 3.61. The van der Waals surface area contributed by atoms with Crippen LogP contribution in [-0.2, 0) is 9.59 Å². The van der Waals surface area contributed by atoms with Crippen molar-refractivity contribution in [2.75, 3.05) is 20.6 Å². The van der Waals surface area contributed by atoms with Crippen LogP contribution in [0.4, 0.5) is 0 Å². The summed E-state index contributed by atoms with van der Waals surface area (Å²) in [6.07, 6.45) is 0. The fraction of sp³-hybridized carbons (Fsp3) is 0.778. The van der Waals surface area contributed by atoms with E-state index >= 15 is 0 Å². The third kappa shape index (κ3) is 3.74. The van der Waals surface area contributed by atoms with Crippen LogP contribution in [0.3, 0.4) is 0 Å². The second-order valence-corrected chi connectivity index (χ2v) is 3.52. The molecule has 0 aliphatic rings. The third-order valence-electron chi connectivity index (χ3n) is 2.21. The molecule has 82 valence electrons.